The van der Waals surface area contributed by atoms with Crippen molar-refractivity contribution in [2.45, 2.75) is 38.6 Å². The Labute approximate surface area is 79.1 Å². The molecule has 1 rings (SSSR count). The number of hydrogen-bond donors (Lipinski definition) is 1. The highest BCUT2D eigenvalue weighted by Crippen LogP contribution is 2.34. The molecule has 0 bridgehead atoms. The van der Waals surface area contributed by atoms with E-state index in [4.69, 9.17) is 5.26 Å². The maximum atomic E-state index is 11.2. The van der Waals surface area contributed by atoms with Gasteiger partial charge in [-0.1, -0.05) is 13.8 Å². The lowest BCUT2D eigenvalue weighted by atomic mass is 10.1. The van der Waals surface area contributed by atoms with Crippen molar-refractivity contribution in [1.82, 2.24) is 5.32 Å². The zero-order chi connectivity index (χ0) is 9.90. The highest BCUT2D eigenvalue weighted by Gasteiger charge is 2.44. The maximum Gasteiger partial charge on any atom is 0.225 e. The number of carbonyl (C=O) groups is 1. The minimum absolute atomic E-state index is 0.104. The lowest BCUT2D eigenvalue weighted by Crippen LogP contribution is -2.35. The fourth-order valence-electron chi connectivity index (χ4n) is 1.02. The van der Waals surface area contributed by atoms with E-state index in [1.807, 2.05) is 0 Å². The third-order valence-corrected chi connectivity index (χ3v) is 2.10. The zero-order valence-electron chi connectivity index (χ0n) is 8.13. The fourth-order valence-corrected chi connectivity index (χ4v) is 1.02. The Bertz CT molecular complexity index is 236. The van der Waals surface area contributed by atoms with Crippen molar-refractivity contribution >= 4 is 5.91 Å². The fraction of sp³-hybridized carbons (Fsp3) is 0.700. The lowest BCUT2D eigenvalue weighted by Gasteiger charge is -2.09. The van der Waals surface area contributed by atoms with Crippen molar-refractivity contribution < 1.29 is 4.79 Å². The van der Waals surface area contributed by atoms with Gasteiger partial charge in [-0.05, 0) is 25.2 Å². The van der Waals surface area contributed by atoms with E-state index in [0.717, 1.165) is 19.3 Å². The minimum atomic E-state index is -0.523. The monoisotopic (exact) mass is 179 g/mol. The quantitative estimate of drug-likeness (QED) is 0.709. The molecule has 13 heavy (non-hydrogen) atoms. The van der Waals surface area contributed by atoms with E-state index in [2.05, 4.69) is 25.2 Å². The number of rotatable bonds is 4. The molecule has 1 aliphatic rings. The summed E-state index contributed by atoms with van der Waals surface area (Å²) in [6, 6.07) is 2.12. The molecule has 1 radical (unpaired) electrons. The second-order valence-electron chi connectivity index (χ2n) is 4.02. The van der Waals surface area contributed by atoms with E-state index < -0.39 is 5.54 Å². The van der Waals surface area contributed by atoms with Gasteiger partial charge in [0.25, 0.3) is 0 Å². The first-order valence-corrected chi connectivity index (χ1v) is 4.64. The van der Waals surface area contributed by atoms with E-state index in [1.54, 1.807) is 6.42 Å². The van der Waals surface area contributed by atoms with Crippen molar-refractivity contribution in [1.29, 1.82) is 5.26 Å². The molecular weight excluding hydrogens is 164 g/mol. The van der Waals surface area contributed by atoms with Gasteiger partial charge in [0.15, 0.2) is 0 Å². The van der Waals surface area contributed by atoms with E-state index in [9.17, 15) is 4.79 Å². The first kappa shape index (κ1) is 10.0. The van der Waals surface area contributed by atoms with Crippen molar-refractivity contribution in [2.24, 2.45) is 5.92 Å². The minimum Gasteiger partial charge on any atom is -0.338 e. The van der Waals surface area contributed by atoms with Crippen molar-refractivity contribution in [3.05, 3.63) is 6.42 Å². The Morgan fingerprint density at radius 2 is 2.31 bits per heavy atom. The van der Waals surface area contributed by atoms with Crippen LogP contribution in [0.1, 0.15) is 33.1 Å². The molecule has 1 fully saturated rings. The Morgan fingerprint density at radius 1 is 1.69 bits per heavy atom. The Balaban J connectivity index is 2.23. The molecule has 71 valence electrons. The summed E-state index contributed by atoms with van der Waals surface area (Å²) in [6.07, 6.45) is 3.99. The molecule has 1 aliphatic carbocycles. The molecule has 0 aromatic carbocycles. The van der Waals surface area contributed by atoms with Crippen LogP contribution in [0, 0.1) is 23.7 Å². The summed E-state index contributed by atoms with van der Waals surface area (Å²) < 4.78 is 0. The summed E-state index contributed by atoms with van der Waals surface area (Å²) in [5, 5.41) is 11.4. The van der Waals surface area contributed by atoms with Gasteiger partial charge in [-0.2, -0.15) is 5.26 Å². The van der Waals surface area contributed by atoms with Crippen molar-refractivity contribution in [3.8, 4) is 6.07 Å². The summed E-state index contributed by atoms with van der Waals surface area (Å²) in [5.74, 6) is 0.385. The standard InChI is InChI=1S/C10H15N2O/c1-8(2)3-4-9(13)12-10(7-11)5-6-10/h4,8H,3,5-6H2,1-2H3,(H,12,13). The number of nitrogens with zero attached hydrogens (tertiary/aromatic N) is 1. The summed E-state index contributed by atoms with van der Waals surface area (Å²) in [4.78, 5) is 11.2. The molecule has 0 aromatic heterocycles. The molecule has 1 N–H and O–H groups in total. The number of carbonyl (C=O) groups excluding carboxylic acids is 1. The van der Waals surface area contributed by atoms with Gasteiger partial charge >= 0.3 is 0 Å². The third-order valence-electron chi connectivity index (χ3n) is 2.10. The number of hydrogen-bond acceptors (Lipinski definition) is 2. The van der Waals surface area contributed by atoms with Gasteiger partial charge in [0.05, 0.1) is 6.07 Å². The molecule has 1 amide bonds. The normalized spacial score (nSPS) is 18.0. The van der Waals surface area contributed by atoms with Gasteiger partial charge in [-0.15, -0.1) is 0 Å². The number of amides is 1. The maximum absolute atomic E-state index is 11.2. The SMILES string of the molecule is CC(C)C[CH]C(=O)NC1(C#N)CC1. The summed E-state index contributed by atoms with van der Waals surface area (Å²) in [5.41, 5.74) is -0.523. The average molecular weight is 179 g/mol. The molecule has 0 aromatic rings. The first-order valence-electron chi connectivity index (χ1n) is 4.64. The first-order chi connectivity index (χ1) is 6.08. The zero-order valence-corrected chi connectivity index (χ0v) is 8.13. The Kier molecular flexibility index (Phi) is 2.92. The predicted octanol–water partition coefficient (Wildman–Crippen LogP) is 1.41. The average Bonchev–Trinajstić information content (AvgIpc) is 2.82. The molecule has 3 heteroatoms. The molecule has 0 atom stereocenters. The van der Waals surface area contributed by atoms with Gasteiger partial charge in [0.2, 0.25) is 5.91 Å². The van der Waals surface area contributed by atoms with Crippen LogP contribution in [0.25, 0.3) is 0 Å². The van der Waals surface area contributed by atoms with Gasteiger partial charge in [-0.25, -0.2) is 0 Å². The topological polar surface area (TPSA) is 52.9 Å². The highest BCUT2D eigenvalue weighted by atomic mass is 16.1. The van der Waals surface area contributed by atoms with Gasteiger partial charge in [0, 0.05) is 6.42 Å². The second kappa shape index (κ2) is 3.78. The van der Waals surface area contributed by atoms with Crippen molar-refractivity contribution in [2.75, 3.05) is 0 Å². The van der Waals surface area contributed by atoms with E-state index in [1.165, 1.54) is 0 Å². The third kappa shape index (κ3) is 3.06. The van der Waals surface area contributed by atoms with E-state index in [-0.39, 0.29) is 5.91 Å². The predicted molar refractivity (Wildman–Crippen MR) is 49.5 cm³/mol. The molecule has 0 aliphatic heterocycles. The number of nitrogens with one attached hydrogen (secondary N) is 1. The summed E-state index contributed by atoms with van der Waals surface area (Å²) >= 11 is 0. The van der Waals surface area contributed by atoms with Gasteiger partial charge in [0.1, 0.15) is 5.54 Å². The van der Waals surface area contributed by atoms with E-state index in [0.29, 0.717) is 5.92 Å². The smallest absolute Gasteiger partial charge is 0.225 e. The van der Waals surface area contributed by atoms with E-state index >= 15 is 0 Å². The van der Waals surface area contributed by atoms with Crippen LogP contribution in [0.15, 0.2) is 0 Å². The van der Waals surface area contributed by atoms with Crippen LogP contribution in [0.5, 0.6) is 0 Å². The molecule has 0 spiro atoms. The van der Waals surface area contributed by atoms with Crippen LogP contribution in [-0.2, 0) is 4.79 Å². The Hall–Kier alpha value is -1.04. The largest absolute Gasteiger partial charge is 0.338 e. The molecule has 0 saturated heterocycles. The van der Waals surface area contributed by atoms with Crippen LogP contribution >= 0.6 is 0 Å². The molecule has 0 unspecified atom stereocenters. The van der Waals surface area contributed by atoms with Crippen LogP contribution in [0.3, 0.4) is 0 Å². The molecular formula is C10H15N2O. The summed E-state index contributed by atoms with van der Waals surface area (Å²) in [6.45, 7) is 4.11. The van der Waals surface area contributed by atoms with Crippen LogP contribution in [0.2, 0.25) is 0 Å². The van der Waals surface area contributed by atoms with Crippen LogP contribution in [-0.4, -0.2) is 11.4 Å². The molecule has 1 saturated carbocycles. The Morgan fingerprint density at radius 3 is 2.69 bits per heavy atom. The summed E-state index contributed by atoms with van der Waals surface area (Å²) in [7, 11) is 0. The van der Waals surface area contributed by atoms with Crippen molar-refractivity contribution in [3.63, 3.8) is 0 Å². The van der Waals surface area contributed by atoms with Crippen LogP contribution < -0.4 is 5.32 Å². The molecule has 3 nitrogen and oxygen atoms in total. The number of nitriles is 1. The lowest BCUT2D eigenvalue weighted by molar-refractivity contribution is -0.118. The second-order valence-corrected chi connectivity index (χ2v) is 4.02. The van der Waals surface area contributed by atoms with Gasteiger partial charge in [-0.3, -0.25) is 4.79 Å². The molecule has 0 heterocycles. The highest BCUT2D eigenvalue weighted by molar-refractivity contribution is 5.86. The van der Waals surface area contributed by atoms with Gasteiger partial charge < -0.3 is 5.32 Å². The van der Waals surface area contributed by atoms with Crippen LogP contribution in [0.4, 0.5) is 0 Å².